The zero-order valence-electron chi connectivity index (χ0n) is 10.4. The first kappa shape index (κ1) is 11.8. The van der Waals surface area contributed by atoms with Crippen LogP contribution in [0.25, 0.3) is 0 Å². The van der Waals surface area contributed by atoms with Gasteiger partial charge in [0.2, 0.25) is 0 Å². The van der Waals surface area contributed by atoms with Crippen molar-refractivity contribution >= 4 is 17.5 Å². The van der Waals surface area contributed by atoms with Gasteiger partial charge < -0.3 is 0 Å². The van der Waals surface area contributed by atoms with Crippen LogP contribution in [0, 0.1) is 0 Å². The van der Waals surface area contributed by atoms with Gasteiger partial charge in [-0.2, -0.15) is 0 Å². The zero-order chi connectivity index (χ0) is 12.8. The molecule has 0 atom stereocenters. The molecular formula is C12H15N2O3+. The number of benzene rings is 1. The fourth-order valence-electron chi connectivity index (χ4n) is 1.79. The fraction of sp³-hybridized carbons (Fsp3) is 0.333. The van der Waals surface area contributed by atoms with E-state index in [9.17, 15) is 9.59 Å². The molecule has 2 rings (SSSR count). The van der Waals surface area contributed by atoms with Gasteiger partial charge in [0.05, 0.1) is 39.4 Å². The molecule has 1 aliphatic heterocycles. The first-order valence-electron chi connectivity index (χ1n) is 5.25. The Bertz CT molecular complexity index is 503. The Balaban J connectivity index is 2.54. The topological polar surface area (TPSA) is 46.6 Å². The van der Waals surface area contributed by atoms with Crippen LogP contribution in [0.4, 0.5) is 5.69 Å². The lowest BCUT2D eigenvalue weighted by Crippen LogP contribution is -2.34. The largest absolute Gasteiger partial charge is 0.298 e. The summed E-state index contributed by atoms with van der Waals surface area (Å²) >= 11 is 0. The molecule has 5 nitrogen and oxygen atoms in total. The van der Waals surface area contributed by atoms with E-state index in [1.54, 1.807) is 12.1 Å². The Morgan fingerprint density at radius 2 is 1.65 bits per heavy atom. The molecule has 0 radical (unpaired) electrons. The summed E-state index contributed by atoms with van der Waals surface area (Å²) in [5.74, 6) is -0.803. The molecule has 0 unspecified atom stereocenters. The van der Waals surface area contributed by atoms with E-state index in [-0.39, 0.29) is 0 Å². The van der Waals surface area contributed by atoms with E-state index in [4.69, 9.17) is 4.84 Å². The zero-order valence-corrected chi connectivity index (χ0v) is 10.4. The van der Waals surface area contributed by atoms with Crippen molar-refractivity contribution in [3.63, 3.8) is 0 Å². The van der Waals surface area contributed by atoms with Crippen molar-refractivity contribution in [1.29, 1.82) is 0 Å². The van der Waals surface area contributed by atoms with Crippen LogP contribution < -0.4 is 4.48 Å². The SMILES string of the molecule is CON1C(=O)c2ccc([N+](C)(C)C)cc2C1=O. The Morgan fingerprint density at radius 3 is 2.18 bits per heavy atom. The van der Waals surface area contributed by atoms with Gasteiger partial charge in [-0.05, 0) is 12.1 Å². The lowest BCUT2D eigenvalue weighted by molar-refractivity contribution is -0.0645. The first-order chi connectivity index (χ1) is 7.86. The van der Waals surface area contributed by atoms with Crippen molar-refractivity contribution in [2.24, 2.45) is 0 Å². The molecule has 0 saturated heterocycles. The molecular weight excluding hydrogens is 220 g/mol. The van der Waals surface area contributed by atoms with Gasteiger partial charge in [0.1, 0.15) is 5.69 Å². The van der Waals surface area contributed by atoms with Gasteiger partial charge in [0.15, 0.2) is 0 Å². The summed E-state index contributed by atoms with van der Waals surface area (Å²) in [4.78, 5) is 28.4. The number of hydrogen-bond donors (Lipinski definition) is 0. The van der Waals surface area contributed by atoms with Crippen LogP contribution in [0.15, 0.2) is 18.2 Å². The number of fused-ring (bicyclic) bond motifs is 1. The summed E-state index contributed by atoms with van der Waals surface area (Å²) < 4.78 is 0.585. The maximum Gasteiger partial charge on any atom is 0.286 e. The highest BCUT2D eigenvalue weighted by atomic mass is 16.7. The molecule has 0 fully saturated rings. The molecule has 5 heteroatoms. The Labute approximate surface area is 99.7 Å². The summed E-state index contributed by atoms with van der Waals surface area (Å²) in [6, 6.07) is 5.27. The number of hydrogen-bond acceptors (Lipinski definition) is 3. The number of hydroxylamine groups is 2. The van der Waals surface area contributed by atoms with Crippen molar-refractivity contribution in [3.05, 3.63) is 29.3 Å². The van der Waals surface area contributed by atoms with Crippen LogP contribution in [0.2, 0.25) is 0 Å². The molecule has 1 heterocycles. The lowest BCUT2D eigenvalue weighted by atomic mass is 10.1. The molecule has 90 valence electrons. The molecule has 1 aromatic rings. The second-order valence-corrected chi connectivity index (χ2v) is 4.83. The van der Waals surface area contributed by atoms with Gasteiger partial charge in [-0.1, -0.05) is 0 Å². The molecule has 17 heavy (non-hydrogen) atoms. The van der Waals surface area contributed by atoms with Gasteiger partial charge in [-0.3, -0.25) is 18.9 Å². The minimum absolute atomic E-state index is 0.397. The Hall–Kier alpha value is -1.72. The molecule has 2 amide bonds. The molecule has 0 N–H and O–H groups in total. The molecule has 1 aliphatic rings. The number of imide groups is 1. The van der Waals surface area contributed by atoms with Crippen LogP contribution in [-0.2, 0) is 4.84 Å². The molecule has 1 aromatic carbocycles. The summed E-state index contributed by atoms with van der Waals surface area (Å²) in [7, 11) is 7.30. The van der Waals surface area contributed by atoms with Crippen LogP contribution in [0.5, 0.6) is 0 Å². The molecule has 0 spiro atoms. The number of carbonyl (C=O) groups excluding carboxylic acids is 2. The number of carbonyl (C=O) groups is 2. The van der Waals surface area contributed by atoms with Gasteiger partial charge >= 0.3 is 0 Å². The highest BCUT2D eigenvalue weighted by Crippen LogP contribution is 2.28. The summed E-state index contributed by atoms with van der Waals surface area (Å²) in [6.07, 6.45) is 0. The lowest BCUT2D eigenvalue weighted by Gasteiger charge is -2.23. The highest BCUT2D eigenvalue weighted by Gasteiger charge is 2.37. The summed E-state index contributed by atoms with van der Waals surface area (Å²) in [6.45, 7) is 0. The van der Waals surface area contributed by atoms with Crippen LogP contribution >= 0.6 is 0 Å². The van der Waals surface area contributed by atoms with Crippen molar-refractivity contribution in [3.8, 4) is 0 Å². The summed E-state index contributed by atoms with van der Waals surface area (Å²) in [5.41, 5.74) is 1.76. The monoisotopic (exact) mass is 235 g/mol. The fourth-order valence-corrected chi connectivity index (χ4v) is 1.79. The normalized spacial score (nSPS) is 15.4. The van der Waals surface area contributed by atoms with Crippen molar-refractivity contribution in [2.75, 3.05) is 28.3 Å². The predicted octanol–water partition coefficient (Wildman–Crippen LogP) is 1.04. The smallest absolute Gasteiger partial charge is 0.286 e. The minimum Gasteiger partial charge on any atom is -0.298 e. The number of quaternary nitrogens is 1. The van der Waals surface area contributed by atoms with Crippen LogP contribution in [0.1, 0.15) is 20.7 Å². The molecule has 0 saturated carbocycles. The third-order valence-corrected chi connectivity index (χ3v) is 2.79. The van der Waals surface area contributed by atoms with Gasteiger partial charge in [0.25, 0.3) is 11.8 Å². The molecule has 0 aromatic heterocycles. The van der Waals surface area contributed by atoms with Crippen molar-refractivity contribution in [1.82, 2.24) is 9.55 Å². The maximum atomic E-state index is 11.9. The first-order valence-corrected chi connectivity index (χ1v) is 5.25. The van der Waals surface area contributed by atoms with Gasteiger partial charge in [0, 0.05) is 6.07 Å². The molecule has 0 aliphatic carbocycles. The van der Waals surface area contributed by atoms with Crippen LogP contribution in [-0.4, -0.2) is 45.1 Å². The quantitative estimate of drug-likeness (QED) is 0.568. The van der Waals surface area contributed by atoms with E-state index in [1.807, 2.05) is 27.2 Å². The van der Waals surface area contributed by atoms with E-state index >= 15 is 0 Å². The van der Waals surface area contributed by atoms with Crippen molar-refractivity contribution < 1.29 is 14.4 Å². The van der Waals surface area contributed by atoms with E-state index in [2.05, 4.69) is 0 Å². The van der Waals surface area contributed by atoms with E-state index in [0.29, 0.717) is 15.6 Å². The summed E-state index contributed by atoms with van der Waals surface area (Å²) in [5, 5.41) is 0.782. The predicted molar refractivity (Wildman–Crippen MR) is 63.5 cm³/mol. The van der Waals surface area contributed by atoms with E-state index in [0.717, 1.165) is 10.8 Å². The Kier molecular flexibility index (Phi) is 2.52. The minimum atomic E-state index is -0.402. The number of nitrogens with zero attached hydrogens (tertiary/aromatic N) is 2. The second kappa shape index (κ2) is 3.65. The molecule has 0 bridgehead atoms. The maximum absolute atomic E-state index is 11.9. The van der Waals surface area contributed by atoms with Crippen molar-refractivity contribution in [2.45, 2.75) is 0 Å². The highest BCUT2D eigenvalue weighted by molar-refractivity contribution is 6.20. The third kappa shape index (κ3) is 1.73. The van der Waals surface area contributed by atoms with E-state index < -0.39 is 11.8 Å². The Morgan fingerprint density at radius 1 is 1.06 bits per heavy atom. The van der Waals surface area contributed by atoms with Gasteiger partial charge in [-0.15, -0.1) is 5.06 Å². The van der Waals surface area contributed by atoms with Crippen LogP contribution in [0.3, 0.4) is 0 Å². The number of rotatable bonds is 2. The van der Waals surface area contributed by atoms with E-state index in [1.165, 1.54) is 7.11 Å². The average Bonchev–Trinajstić information content (AvgIpc) is 2.50. The number of amides is 2. The third-order valence-electron chi connectivity index (χ3n) is 2.79. The second-order valence-electron chi connectivity index (χ2n) is 4.83. The average molecular weight is 235 g/mol. The van der Waals surface area contributed by atoms with Gasteiger partial charge in [-0.25, -0.2) is 0 Å². The standard InChI is InChI=1S/C12H15N2O3/c1-14(2,3)8-5-6-9-10(7-8)12(16)13(17-4)11(9)15/h5-7H,1-4H3/q+1.